The van der Waals surface area contributed by atoms with Gasteiger partial charge in [0.15, 0.2) is 0 Å². The van der Waals surface area contributed by atoms with Crippen molar-refractivity contribution in [3.63, 3.8) is 0 Å². The van der Waals surface area contributed by atoms with E-state index in [1.54, 1.807) is 0 Å². The third kappa shape index (κ3) is 5.42. The molecule has 0 radical (unpaired) electrons. The second kappa shape index (κ2) is 7.57. The molecule has 1 aromatic rings. The lowest BCUT2D eigenvalue weighted by atomic mass is 10.2. The Balaban J connectivity index is 2.36. The first-order valence-corrected chi connectivity index (χ1v) is 6.61. The van der Waals surface area contributed by atoms with E-state index < -0.39 is 0 Å². The molecule has 0 aromatic heterocycles. The second-order valence-corrected chi connectivity index (χ2v) is 4.96. The van der Waals surface area contributed by atoms with Crippen molar-refractivity contribution in [2.24, 2.45) is 5.92 Å². The lowest BCUT2D eigenvalue weighted by Gasteiger charge is -2.14. The molecule has 0 aliphatic carbocycles. The molecular weight excluding hydrogens is 234 g/mol. The van der Waals surface area contributed by atoms with Crippen LogP contribution in [0.1, 0.15) is 25.8 Å². The number of aryl methyl sites for hydroxylation is 1. The Hall–Kier alpha value is -0.730. The van der Waals surface area contributed by atoms with Crippen molar-refractivity contribution in [2.75, 3.05) is 19.7 Å². The molecule has 3 heteroatoms. The highest BCUT2D eigenvalue weighted by atomic mass is 35.5. The second-order valence-electron chi connectivity index (χ2n) is 4.55. The SMILES string of the molecule is CCCNCC(C)COc1cc(C)ccc1Cl. The molecule has 0 amide bonds. The highest BCUT2D eigenvalue weighted by molar-refractivity contribution is 6.32. The van der Waals surface area contributed by atoms with Crippen LogP contribution in [0, 0.1) is 12.8 Å². The summed E-state index contributed by atoms with van der Waals surface area (Å²) >= 11 is 6.07. The van der Waals surface area contributed by atoms with E-state index in [4.69, 9.17) is 16.3 Å². The van der Waals surface area contributed by atoms with Crippen LogP contribution in [0.25, 0.3) is 0 Å². The molecule has 1 unspecified atom stereocenters. The molecule has 1 aromatic carbocycles. The van der Waals surface area contributed by atoms with Crippen LogP contribution in [0.2, 0.25) is 5.02 Å². The summed E-state index contributed by atoms with van der Waals surface area (Å²) in [6.07, 6.45) is 1.16. The van der Waals surface area contributed by atoms with Gasteiger partial charge in [0.1, 0.15) is 5.75 Å². The molecule has 1 rings (SSSR count). The van der Waals surface area contributed by atoms with E-state index in [2.05, 4.69) is 19.2 Å². The smallest absolute Gasteiger partial charge is 0.138 e. The number of benzene rings is 1. The van der Waals surface area contributed by atoms with Crippen molar-refractivity contribution in [3.05, 3.63) is 28.8 Å². The maximum Gasteiger partial charge on any atom is 0.138 e. The first-order valence-electron chi connectivity index (χ1n) is 6.23. The predicted octanol–water partition coefficient (Wildman–Crippen LogP) is 3.66. The van der Waals surface area contributed by atoms with Crippen molar-refractivity contribution in [1.82, 2.24) is 5.32 Å². The van der Waals surface area contributed by atoms with E-state index in [1.165, 1.54) is 5.56 Å². The molecule has 96 valence electrons. The summed E-state index contributed by atoms with van der Waals surface area (Å²) in [6.45, 7) is 9.12. The standard InChI is InChI=1S/C14H22ClNO/c1-4-7-16-9-12(3)10-17-14-8-11(2)5-6-13(14)15/h5-6,8,12,16H,4,7,9-10H2,1-3H3. The van der Waals surface area contributed by atoms with Crippen LogP contribution >= 0.6 is 11.6 Å². The van der Waals surface area contributed by atoms with Gasteiger partial charge in [0.25, 0.3) is 0 Å². The maximum atomic E-state index is 6.07. The predicted molar refractivity (Wildman–Crippen MR) is 74.0 cm³/mol. The van der Waals surface area contributed by atoms with Gasteiger partial charge in [-0.05, 0) is 37.6 Å². The highest BCUT2D eigenvalue weighted by Gasteiger charge is 2.05. The first kappa shape index (κ1) is 14.3. The molecule has 0 bridgehead atoms. The quantitative estimate of drug-likeness (QED) is 0.751. The summed E-state index contributed by atoms with van der Waals surface area (Å²) in [5, 5.41) is 4.07. The zero-order chi connectivity index (χ0) is 12.7. The molecule has 0 spiro atoms. The minimum atomic E-state index is 0.484. The summed E-state index contributed by atoms with van der Waals surface area (Å²) in [5.74, 6) is 1.27. The molecule has 0 fully saturated rings. The van der Waals surface area contributed by atoms with Gasteiger partial charge in [-0.25, -0.2) is 0 Å². The van der Waals surface area contributed by atoms with Gasteiger partial charge >= 0.3 is 0 Å². The molecule has 2 nitrogen and oxygen atoms in total. The molecular formula is C14H22ClNO. The normalized spacial score (nSPS) is 12.5. The fourth-order valence-corrected chi connectivity index (χ4v) is 1.71. The topological polar surface area (TPSA) is 21.3 Å². The van der Waals surface area contributed by atoms with Crippen LogP contribution in [0.4, 0.5) is 0 Å². The average Bonchev–Trinajstić information content (AvgIpc) is 2.31. The van der Waals surface area contributed by atoms with E-state index in [0.717, 1.165) is 25.3 Å². The molecule has 0 saturated carbocycles. The summed E-state index contributed by atoms with van der Waals surface area (Å²) in [6, 6.07) is 5.85. The summed E-state index contributed by atoms with van der Waals surface area (Å²) in [4.78, 5) is 0. The molecule has 0 aliphatic rings. The monoisotopic (exact) mass is 255 g/mol. The largest absolute Gasteiger partial charge is 0.492 e. The molecule has 1 N–H and O–H groups in total. The zero-order valence-corrected chi connectivity index (χ0v) is 11.7. The van der Waals surface area contributed by atoms with Crippen LogP contribution in [0.5, 0.6) is 5.75 Å². The van der Waals surface area contributed by atoms with Gasteiger partial charge in [-0.15, -0.1) is 0 Å². The minimum Gasteiger partial charge on any atom is -0.492 e. The Labute approximate surface area is 109 Å². The number of ether oxygens (including phenoxy) is 1. The van der Waals surface area contributed by atoms with Gasteiger partial charge in [-0.1, -0.05) is 31.5 Å². The maximum absolute atomic E-state index is 6.07. The van der Waals surface area contributed by atoms with Crippen molar-refractivity contribution in [2.45, 2.75) is 27.2 Å². The Bertz CT molecular complexity index is 341. The zero-order valence-electron chi connectivity index (χ0n) is 10.9. The summed E-state index contributed by atoms with van der Waals surface area (Å²) < 4.78 is 5.74. The molecule has 1 atom stereocenters. The Kier molecular flexibility index (Phi) is 6.38. The van der Waals surface area contributed by atoms with Crippen LogP contribution in [0.3, 0.4) is 0 Å². The van der Waals surface area contributed by atoms with E-state index in [-0.39, 0.29) is 0 Å². The minimum absolute atomic E-state index is 0.484. The molecule has 17 heavy (non-hydrogen) atoms. The van der Waals surface area contributed by atoms with Crippen molar-refractivity contribution in [1.29, 1.82) is 0 Å². The van der Waals surface area contributed by atoms with Gasteiger partial charge in [0.05, 0.1) is 11.6 Å². The van der Waals surface area contributed by atoms with Crippen LogP contribution in [0.15, 0.2) is 18.2 Å². The third-order valence-electron chi connectivity index (χ3n) is 2.53. The van der Waals surface area contributed by atoms with E-state index in [1.807, 2.05) is 25.1 Å². The Morgan fingerprint density at radius 3 is 2.88 bits per heavy atom. The van der Waals surface area contributed by atoms with Crippen molar-refractivity contribution >= 4 is 11.6 Å². The fourth-order valence-electron chi connectivity index (χ4n) is 1.54. The molecule has 0 heterocycles. The average molecular weight is 256 g/mol. The van der Waals surface area contributed by atoms with E-state index in [0.29, 0.717) is 17.5 Å². The number of hydrogen-bond acceptors (Lipinski definition) is 2. The van der Waals surface area contributed by atoms with Crippen molar-refractivity contribution < 1.29 is 4.74 Å². The van der Waals surface area contributed by atoms with Crippen LogP contribution < -0.4 is 10.1 Å². The van der Waals surface area contributed by atoms with Crippen molar-refractivity contribution in [3.8, 4) is 5.75 Å². The van der Waals surface area contributed by atoms with Gasteiger partial charge in [0, 0.05) is 12.5 Å². The van der Waals surface area contributed by atoms with Crippen LogP contribution in [-0.4, -0.2) is 19.7 Å². The summed E-state index contributed by atoms with van der Waals surface area (Å²) in [7, 11) is 0. The van der Waals surface area contributed by atoms with Gasteiger partial charge in [0.2, 0.25) is 0 Å². The number of rotatable bonds is 7. The van der Waals surface area contributed by atoms with E-state index in [9.17, 15) is 0 Å². The Morgan fingerprint density at radius 1 is 1.41 bits per heavy atom. The van der Waals surface area contributed by atoms with Crippen LogP contribution in [-0.2, 0) is 0 Å². The van der Waals surface area contributed by atoms with Gasteiger partial charge in [-0.3, -0.25) is 0 Å². The number of halogens is 1. The highest BCUT2D eigenvalue weighted by Crippen LogP contribution is 2.25. The Morgan fingerprint density at radius 2 is 2.18 bits per heavy atom. The van der Waals surface area contributed by atoms with Gasteiger partial charge in [-0.2, -0.15) is 0 Å². The number of nitrogens with one attached hydrogen (secondary N) is 1. The van der Waals surface area contributed by atoms with E-state index >= 15 is 0 Å². The third-order valence-corrected chi connectivity index (χ3v) is 2.84. The fraction of sp³-hybridized carbons (Fsp3) is 0.571. The molecule has 0 aliphatic heterocycles. The first-order chi connectivity index (χ1) is 8.13. The number of hydrogen-bond donors (Lipinski definition) is 1. The lowest BCUT2D eigenvalue weighted by Crippen LogP contribution is -2.25. The lowest BCUT2D eigenvalue weighted by molar-refractivity contribution is 0.256. The van der Waals surface area contributed by atoms with Gasteiger partial charge < -0.3 is 10.1 Å². The molecule has 0 saturated heterocycles. The summed E-state index contributed by atoms with van der Waals surface area (Å²) in [5.41, 5.74) is 1.17.